The Morgan fingerprint density at radius 1 is 1.18 bits per heavy atom. The number of amides is 1. The summed E-state index contributed by atoms with van der Waals surface area (Å²) in [5.74, 6) is 0.393. The second-order valence-electron chi connectivity index (χ2n) is 9.51. The number of rotatable bonds is 8. The van der Waals surface area contributed by atoms with E-state index in [0.717, 1.165) is 48.0 Å². The first-order valence-corrected chi connectivity index (χ1v) is 13.0. The lowest BCUT2D eigenvalue weighted by atomic mass is 10.1. The van der Waals surface area contributed by atoms with Gasteiger partial charge >= 0.3 is 6.36 Å². The van der Waals surface area contributed by atoms with Crippen molar-refractivity contribution in [2.75, 3.05) is 29.9 Å². The number of carbonyl (C=O) groups is 1. The zero-order valence-electron chi connectivity index (χ0n) is 21.5. The Hall–Kier alpha value is -3.84. The Labute approximate surface area is 229 Å². The molecule has 0 unspecified atom stereocenters. The second kappa shape index (κ2) is 10.7. The van der Waals surface area contributed by atoms with Gasteiger partial charge < -0.3 is 19.9 Å². The Balaban J connectivity index is 1.14. The molecule has 2 aromatic carbocycles. The van der Waals surface area contributed by atoms with Crippen molar-refractivity contribution in [3.05, 3.63) is 76.3 Å². The van der Waals surface area contributed by atoms with Crippen LogP contribution in [0.5, 0.6) is 5.75 Å². The molecule has 0 radical (unpaired) electrons. The van der Waals surface area contributed by atoms with Gasteiger partial charge in [0.15, 0.2) is 0 Å². The predicted molar refractivity (Wildman–Crippen MR) is 143 cm³/mol. The van der Waals surface area contributed by atoms with Crippen LogP contribution in [0.2, 0.25) is 0 Å². The van der Waals surface area contributed by atoms with Crippen LogP contribution in [0.1, 0.15) is 40.9 Å². The molecule has 2 aliphatic heterocycles. The number of nitrogens with zero attached hydrogens (tertiary/aromatic N) is 4. The molecule has 1 saturated heterocycles. The summed E-state index contributed by atoms with van der Waals surface area (Å²) in [6.45, 7) is 3.70. The van der Waals surface area contributed by atoms with E-state index < -0.39 is 6.36 Å². The number of allylic oxidation sites excluding steroid dienone is 1. The van der Waals surface area contributed by atoms with E-state index in [1.165, 1.54) is 12.1 Å². The molecule has 11 heteroatoms. The van der Waals surface area contributed by atoms with Crippen LogP contribution in [0.15, 0.2) is 41.4 Å². The minimum absolute atomic E-state index is 0.213. The van der Waals surface area contributed by atoms with Crippen molar-refractivity contribution in [1.29, 1.82) is 0 Å². The molecule has 204 valence electrons. The molecule has 7 nitrogen and oxygen atoms in total. The average molecular weight is 558 g/mol. The number of halogens is 4. The molecule has 3 heterocycles. The third-order valence-corrected chi connectivity index (χ3v) is 7.21. The van der Waals surface area contributed by atoms with Crippen molar-refractivity contribution in [1.82, 2.24) is 14.9 Å². The first-order chi connectivity index (χ1) is 18.6. The van der Waals surface area contributed by atoms with Crippen molar-refractivity contribution in [3.63, 3.8) is 0 Å². The van der Waals surface area contributed by atoms with E-state index in [-0.39, 0.29) is 17.7 Å². The van der Waals surface area contributed by atoms with Gasteiger partial charge in [-0.05, 0) is 55.3 Å². The molecule has 1 fully saturated rings. The van der Waals surface area contributed by atoms with Gasteiger partial charge in [0.1, 0.15) is 17.3 Å². The largest absolute Gasteiger partial charge is 0.573 e. The molecule has 1 N–H and O–H groups in total. The zero-order chi connectivity index (χ0) is 27.7. The van der Waals surface area contributed by atoms with Crippen LogP contribution in [0, 0.1) is 12.1 Å². The maximum absolute atomic E-state index is 13.0. The summed E-state index contributed by atoms with van der Waals surface area (Å²) >= 11 is 6.21. The Bertz CT molecular complexity index is 1360. The number of anilines is 2. The van der Waals surface area contributed by atoms with Gasteiger partial charge in [0.25, 0.3) is 5.91 Å². The van der Waals surface area contributed by atoms with Crippen molar-refractivity contribution in [2.45, 2.75) is 45.1 Å². The standard InChI is InChI=1S/C28H27ClF3N5O2/c1-3-24-26(37-15-19(29)6-13-25(37)34-24)27(38)33-14-18-4-7-20(8-5-18)35(2)22-16-36(17-22)21-9-11-23(12-10-21)39-28(30,31)32/h4,7,9-12,15,22H,3,6,13-14,16-17H2,1-2H3,(H,33,38). The molecule has 3 aromatic rings. The van der Waals surface area contributed by atoms with Crippen molar-refractivity contribution in [3.8, 4) is 5.75 Å². The zero-order valence-corrected chi connectivity index (χ0v) is 22.2. The van der Waals surface area contributed by atoms with Crippen LogP contribution in [0.25, 0.3) is 6.20 Å². The molecule has 0 saturated carbocycles. The SMILES string of the molecule is CCc1nc2n(c1C(=O)NCc1c#cc(N(C)C3CN(c4ccc(OC(F)(F)F)cc4)C3)cc1)C=C(Cl)CC2. The fourth-order valence-corrected chi connectivity index (χ4v) is 4.90. The maximum atomic E-state index is 13.0. The predicted octanol–water partition coefficient (Wildman–Crippen LogP) is 5.18. The molecule has 5 rings (SSSR count). The smallest absolute Gasteiger partial charge is 0.406 e. The number of hydrogen-bond acceptors (Lipinski definition) is 5. The minimum atomic E-state index is -4.70. The third kappa shape index (κ3) is 5.93. The molecule has 0 aliphatic carbocycles. The topological polar surface area (TPSA) is 62.6 Å². The molecule has 0 spiro atoms. The van der Waals surface area contributed by atoms with Gasteiger partial charge in [-0.1, -0.05) is 24.6 Å². The summed E-state index contributed by atoms with van der Waals surface area (Å²) < 4.78 is 42.8. The summed E-state index contributed by atoms with van der Waals surface area (Å²) in [4.78, 5) is 21.8. The highest BCUT2D eigenvalue weighted by molar-refractivity contribution is 6.31. The van der Waals surface area contributed by atoms with Crippen LogP contribution in [-0.4, -0.2) is 48.0 Å². The molecule has 1 aromatic heterocycles. The highest BCUT2D eigenvalue weighted by atomic mass is 35.5. The number of imidazole rings is 1. The van der Waals surface area contributed by atoms with E-state index >= 15 is 0 Å². The quantitative estimate of drug-likeness (QED) is 0.413. The number of carbonyl (C=O) groups excluding carboxylic acids is 1. The number of fused-ring (bicyclic) bond motifs is 1. The summed E-state index contributed by atoms with van der Waals surface area (Å²) in [6.07, 6.45) is -0.863. The van der Waals surface area contributed by atoms with E-state index in [9.17, 15) is 18.0 Å². The van der Waals surface area contributed by atoms with Crippen molar-refractivity contribution < 1.29 is 22.7 Å². The summed E-state index contributed by atoms with van der Waals surface area (Å²) in [5, 5.41) is 3.66. The van der Waals surface area contributed by atoms with Gasteiger partial charge in [-0.2, -0.15) is 0 Å². The second-order valence-corrected chi connectivity index (χ2v) is 10.00. The lowest BCUT2D eigenvalue weighted by Gasteiger charge is -2.45. The van der Waals surface area contributed by atoms with Crippen LogP contribution in [0.3, 0.4) is 0 Å². The number of benzene rings is 1. The number of aromatic nitrogens is 2. The molecular weight excluding hydrogens is 531 g/mol. The number of hydrogen-bond donors (Lipinski definition) is 1. The van der Waals surface area contributed by atoms with Crippen LogP contribution in [-0.2, 0) is 19.4 Å². The van der Waals surface area contributed by atoms with Gasteiger partial charge in [-0.3, -0.25) is 9.36 Å². The fourth-order valence-electron chi connectivity index (χ4n) is 4.71. The van der Waals surface area contributed by atoms with Crippen molar-refractivity contribution in [2.24, 2.45) is 0 Å². The maximum Gasteiger partial charge on any atom is 0.573 e. The van der Waals surface area contributed by atoms with Gasteiger partial charge in [0, 0.05) is 49.0 Å². The van der Waals surface area contributed by atoms with Gasteiger partial charge in [0.05, 0.1) is 24.0 Å². The number of alkyl halides is 3. The van der Waals surface area contributed by atoms with Crippen LogP contribution < -0.4 is 19.9 Å². The van der Waals surface area contributed by atoms with Crippen LogP contribution in [0.4, 0.5) is 24.5 Å². The average Bonchev–Trinajstić information content (AvgIpc) is 3.24. The van der Waals surface area contributed by atoms with E-state index in [4.69, 9.17) is 11.6 Å². The highest BCUT2D eigenvalue weighted by Crippen LogP contribution is 2.29. The van der Waals surface area contributed by atoms with E-state index in [1.54, 1.807) is 22.9 Å². The minimum Gasteiger partial charge on any atom is -0.406 e. The number of ether oxygens (including phenoxy) is 1. The number of likely N-dealkylation sites (N-methyl/N-ethyl adjacent to an activating group) is 1. The number of nitrogens with one attached hydrogen (secondary N) is 1. The Morgan fingerprint density at radius 2 is 1.92 bits per heavy atom. The first-order valence-electron chi connectivity index (χ1n) is 12.6. The molecular formula is C28H27ClF3N5O2. The molecule has 39 heavy (non-hydrogen) atoms. The third-order valence-electron chi connectivity index (χ3n) is 6.92. The summed E-state index contributed by atoms with van der Waals surface area (Å²) in [6, 6.07) is 16.2. The Kier molecular flexibility index (Phi) is 7.36. The van der Waals surface area contributed by atoms with Crippen LogP contribution >= 0.6 is 11.6 Å². The Morgan fingerprint density at radius 3 is 2.56 bits per heavy atom. The molecule has 0 bridgehead atoms. The van der Waals surface area contributed by atoms with E-state index in [0.29, 0.717) is 30.1 Å². The normalized spacial score (nSPS) is 15.1. The highest BCUT2D eigenvalue weighted by Gasteiger charge is 2.32. The van der Waals surface area contributed by atoms with Gasteiger partial charge in [-0.15, -0.1) is 13.2 Å². The van der Waals surface area contributed by atoms with Gasteiger partial charge in [0.2, 0.25) is 0 Å². The molecule has 0 atom stereocenters. The monoisotopic (exact) mass is 557 g/mol. The van der Waals surface area contributed by atoms with E-state index in [2.05, 4.69) is 37.0 Å². The summed E-state index contributed by atoms with van der Waals surface area (Å²) in [5.41, 5.74) is 3.75. The lowest BCUT2D eigenvalue weighted by molar-refractivity contribution is -0.274. The van der Waals surface area contributed by atoms with Crippen molar-refractivity contribution >= 4 is 35.1 Å². The van der Waals surface area contributed by atoms with E-state index in [1.807, 2.05) is 26.1 Å². The first kappa shape index (κ1) is 26.8. The van der Waals surface area contributed by atoms with Gasteiger partial charge in [-0.25, -0.2) is 4.98 Å². The lowest BCUT2D eigenvalue weighted by Crippen LogP contribution is -2.58. The fraction of sp³-hybridized carbons (Fsp3) is 0.357. The molecule has 1 amide bonds. The summed E-state index contributed by atoms with van der Waals surface area (Å²) in [7, 11) is 1.97. The molecule has 2 aliphatic rings. The number of aryl methyl sites for hydroxylation is 2.